The van der Waals surface area contributed by atoms with Gasteiger partial charge in [-0.3, -0.25) is 4.79 Å². The fourth-order valence-electron chi connectivity index (χ4n) is 0.577. The summed E-state index contributed by atoms with van der Waals surface area (Å²) in [6.45, 7) is 4.77. The molecule has 0 rings (SSSR count). The molecule has 3 N–H and O–H groups in total. The zero-order chi connectivity index (χ0) is 13.1. The highest BCUT2D eigenvalue weighted by Crippen LogP contribution is 1.98. The van der Waals surface area contributed by atoms with Gasteiger partial charge in [0.05, 0.1) is 6.42 Å². The third-order valence-corrected chi connectivity index (χ3v) is 1.18. The molecule has 92 valence electrons. The van der Waals surface area contributed by atoms with Crippen molar-refractivity contribution in [3.8, 4) is 0 Å². The summed E-state index contributed by atoms with van der Waals surface area (Å²) in [6.07, 6.45) is -0.888. The van der Waals surface area contributed by atoms with Crippen molar-refractivity contribution in [2.75, 3.05) is 6.61 Å². The molecule has 7 heteroatoms. The van der Waals surface area contributed by atoms with E-state index in [1.54, 1.807) is 6.92 Å². The molecule has 0 aromatic heterocycles. The highest BCUT2D eigenvalue weighted by atomic mass is 16.5. The van der Waals surface area contributed by atoms with E-state index in [9.17, 15) is 14.4 Å². The molecule has 0 radical (unpaired) electrons. The number of carboxylic acids is 3. The fraction of sp³-hybridized carbons (Fsp3) is 0.444. The highest BCUT2D eigenvalue weighted by molar-refractivity contribution is 5.79. The van der Waals surface area contributed by atoms with Gasteiger partial charge in [-0.25, -0.2) is 9.59 Å². The highest BCUT2D eigenvalue weighted by Gasteiger charge is 2.20. The van der Waals surface area contributed by atoms with Crippen LogP contribution in [0.3, 0.4) is 0 Å². The summed E-state index contributed by atoms with van der Waals surface area (Å²) in [5.41, 5.74) is 0. The zero-order valence-corrected chi connectivity index (χ0v) is 8.75. The van der Waals surface area contributed by atoms with Gasteiger partial charge in [-0.1, -0.05) is 6.58 Å². The SMILES string of the molecule is C=CC(=O)O.CCOC(CC(=O)O)C(=O)O. The summed E-state index contributed by atoms with van der Waals surface area (Å²) in [5, 5.41) is 24.2. The van der Waals surface area contributed by atoms with Crippen molar-refractivity contribution in [2.45, 2.75) is 19.4 Å². The monoisotopic (exact) mass is 234 g/mol. The molecule has 0 saturated heterocycles. The minimum absolute atomic E-state index is 0.199. The van der Waals surface area contributed by atoms with Gasteiger partial charge in [0, 0.05) is 12.7 Å². The average Bonchev–Trinajstić information content (AvgIpc) is 2.17. The van der Waals surface area contributed by atoms with E-state index in [0.29, 0.717) is 0 Å². The number of rotatable bonds is 6. The second-order valence-corrected chi connectivity index (χ2v) is 2.42. The molecular formula is C9H14O7. The summed E-state index contributed by atoms with van der Waals surface area (Å²) in [5.74, 6) is -3.40. The maximum atomic E-state index is 10.2. The molecule has 0 aromatic rings. The molecule has 0 fully saturated rings. The molecule has 0 aliphatic rings. The molecule has 7 nitrogen and oxygen atoms in total. The van der Waals surface area contributed by atoms with Crippen molar-refractivity contribution in [1.82, 2.24) is 0 Å². The van der Waals surface area contributed by atoms with Crippen LogP contribution in [0.25, 0.3) is 0 Å². The number of ether oxygens (including phenoxy) is 1. The fourth-order valence-corrected chi connectivity index (χ4v) is 0.577. The number of carboxylic acid groups (broad SMARTS) is 3. The summed E-state index contributed by atoms with van der Waals surface area (Å²) >= 11 is 0. The Morgan fingerprint density at radius 3 is 1.94 bits per heavy atom. The van der Waals surface area contributed by atoms with Crippen LogP contribution in [-0.4, -0.2) is 45.9 Å². The van der Waals surface area contributed by atoms with Gasteiger partial charge in [0.25, 0.3) is 0 Å². The topological polar surface area (TPSA) is 121 Å². The van der Waals surface area contributed by atoms with Gasteiger partial charge in [0.1, 0.15) is 0 Å². The van der Waals surface area contributed by atoms with Crippen LogP contribution >= 0.6 is 0 Å². The van der Waals surface area contributed by atoms with E-state index in [1.165, 1.54) is 0 Å². The van der Waals surface area contributed by atoms with Crippen molar-refractivity contribution < 1.29 is 34.4 Å². The lowest BCUT2D eigenvalue weighted by atomic mass is 10.2. The van der Waals surface area contributed by atoms with Crippen molar-refractivity contribution >= 4 is 17.9 Å². The van der Waals surface area contributed by atoms with Crippen LogP contribution in [0.5, 0.6) is 0 Å². The van der Waals surface area contributed by atoms with Crippen molar-refractivity contribution in [1.29, 1.82) is 0 Å². The summed E-state index contributed by atoms with van der Waals surface area (Å²) < 4.78 is 4.63. The smallest absolute Gasteiger partial charge is 0.333 e. The molecule has 0 aliphatic carbocycles. The van der Waals surface area contributed by atoms with Gasteiger partial charge in [-0.15, -0.1) is 0 Å². The zero-order valence-electron chi connectivity index (χ0n) is 8.75. The summed E-state index contributed by atoms with van der Waals surface area (Å²) in [6, 6.07) is 0. The van der Waals surface area contributed by atoms with Crippen LogP contribution < -0.4 is 0 Å². The lowest BCUT2D eigenvalue weighted by Crippen LogP contribution is -2.26. The van der Waals surface area contributed by atoms with Gasteiger partial charge in [-0.05, 0) is 6.92 Å². The molecular weight excluding hydrogens is 220 g/mol. The first-order chi connectivity index (χ1) is 7.34. The quantitative estimate of drug-likeness (QED) is 0.561. The van der Waals surface area contributed by atoms with Gasteiger partial charge in [0.15, 0.2) is 6.10 Å². The predicted octanol–water partition coefficient (Wildman–Crippen LogP) is 0.208. The summed E-state index contributed by atoms with van der Waals surface area (Å²) in [4.78, 5) is 29.5. The van der Waals surface area contributed by atoms with Gasteiger partial charge < -0.3 is 20.1 Å². The largest absolute Gasteiger partial charge is 0.481 e. The van der Waals surface area contributed by atoms with Gasteiger partial charge >= 0.3 is 17.9 Å². The van der Waals surface area contributed by atoms with E-state index in [-0.39, 0.29) is 6.61 Å². The third kappa shape index (κ3) is 12.1. The Hall–Kier alpha value is -1.89. The van der Waals surface area contributed by atoms with Crippen LogP contribution in [0.2, 0.25) is 0 Å². The Balaban J connectivity index is 0. The molecule has 0 heterocycles. The van der Waals surface area contributed by atoms with Crippen LogP contribution in [0, 0.1) is 0 Å². The molecule has 0 spiro atoms. The normalized spacial score (nSPS) is 10.6. The Bertz CT molecular complexity index is 259. The van der Waals surface area contributed by atoms with Crippen molar-refractivity contribution in [3.63, 3.8) is 0 Å². The van der Waals surface area contributed by atoms with Crippen LogP contribution in [0.1, 0.15) is 13.3 Å². The van der Waals surface area contributed by atoms with Crippen LogP contribution in [0.15, 0.2) is 12.7 Å². The van der Waals surface area contributed by atoms with E-state index in [2.05, 4.69) is 11.3 Å². The van der Waals surface area contributed by atoms with Crippen molar-refractivity contribution in [3.05, 3.63) is 12.7 Å². The minimum Gasteiger partial charge on any atom is -0.481 e. The molecule has 0 bridgehead atoms. The van der Waals surface area contributed by atoms with E-state index >= 15 is 0 Å². The van der Waals surface area contributed by atoms with Crippen LogP contribution in [0.4, 0.5) is 0 Å². The van der Waals surface area contributed by atoms with E-state index in [4.69, 9.17) is 15.3 Å². The lowest BCUT2D eigenvalue weighted by molar-refractivity contribution is -0.156. The third-order valence-electron chi connectivity index (χ3n) is 1.18. The Kier molecular flexibility index (Phi) is 9.98. The Morgan fingerprint density at radius 1 is 1.31 bits per heavy atom. The maximum absolute atomic E-state index is 10.2. The molecule has 0 amide bonds. The molecule has 16 heavy (non-hydrogen) atoms. The predicted molar refractivity (Wildman–Crippen MR) is 53.1 cm³/mol. The summed E-state index contributed by atoms with van der Waals surface area (Å²) in [7, 11) is 0. The Labute approximate surface area is 92.0 Å². The molecule has 1 unspecified atom stereocenters. The van der Waals surface area contributed by atoms with Crippen molar-refractivity contribution in [2.24, 2.45) is 0 Å². The number of aliphatic carboxylic acids is 3. The molecule has 0 aromatic carbocycles. The van der Waals surface area contributed by atoms with Gasteiger partial charge in [0.2, 0.25) is 0 Å². The second kappa shape index (κ2) is 9.66. The number of carbonyl (C=O) groups is 3. The van der Waals surface area contributed by atoms with Crippen LogP contribution in [-0.2, 0) is 19.1 Å². The standard InChI is InChI=1S/C6H10O5.C3H4O2/c1-2-11-4(6(9)10)3-5(7)8;1-2-3(4)5/h4H,2-3H2,1H3,(H,7,8)(H,9,10);2H,1H2,(H,4,5). The van der Waals surface area contributed by atoms with E-state index in [0.717, 1.165) is 6.08 Å². The first kappa shape index (κ1) is 16.5. The van der Waals surface area contributed by atoms with Gasteiger partial charge in [-0.2, -0.15) is 0 Å². The van der Waals surface area contributed by atoms with E-state index < -0.39 is 30.4 Å². The molecule has 1 atom stereocenters. The van der Waals surface area contributed by atoms with E-state index in [1.807, 2.05) is 0 Å². The molecule has 0 saturated carbocycles. The first-order valence-corrected chi connectivity index (χ1v) is 4.26. The Morgan fingerprint density at radius 2 is 1.75 bits per heavy atom. The maximum Gasteiger partial charge on any atom is 0.333 e. The molecule has 0 aliphatic heterocycles. The lowest BCUT2D eigenvalue weighted by Gasteiger charge is -2.08. The second-order valence-electron chi connectivity index (χ2n) is 2.42. The number of hydrogen-bond donors (Lipinski definition) is 3. The minimum atomic E-state index is -1.24. The first-order valence-electron chi connectivity index (χ1n) is 4.26. The number of hydrogen-bond acceptors (Lipinski definition) is 4. The average molecular weight is 234 g/mol.